The molecule has 236 valence electrons. The second-order valence-corrected chi connectivity index (χ2v) is 12.3. The zero-order chi connectivity index (χ0) is 32.0. The number of ether oxygens (including phenoxy) is 3. The van der Waals surface area contributed by atoms with Crippen LogP contribution in [0, 0.1) is 5.92 Å². The summed E-state index contributed by atoms with van der Waals surface area (Å²) in [6.07, 6.45) is -0.538. The number of sulfonamides is 1. The van der Waals surface area contributed by atoms with E-state index in [-0.39, 0.29) is 53.5 Å². The van der Waals surface area contributed by atoms with Crippen LogP contribution in [0.3, 0.4) is 0 Å². The van der Waals surface area contributed by atoms with E-state index in [2.05, 4.69) is 10.0 Å². The first-order valence-corrected chi connectivity index (χ1v) is 15.5. The fraction of sp³-hybridized carbons (Fsp3) is 0.355. The molecule has 0 aliphatic carbocycles. The third-order valence-electron chi connectivity index (χ3n) is 7.43. The molecule has 3 N–H and O–H groups in total. The van der Waals surface area contributed by atoms with E-state index in [4.69, 9.17) is 14.2 Å². The standard InChI is InChI=1S/C31H38N4O8S/c1-20-17-35(21(2)19-36)30(37)27-16-23(33-44(39,40)26-13-11-25(42-5)12-14-26)8-15-28(27)43-29(20)18-34(3)31(38)32-22-6-9-24(41-4)10-7-22/h6-16,20-21,29,33,36H,17-19H2,1-5H3,(H,32,38)/t20-,21+,29-/m0/s1. The van der Waals surface area contributed by atoms with Crippen molar-refractivity contribution in [3.05, 3.63) is 72.3 Å². The number of carbonyl (C=O) groups excluding carboxylic acids is 2. The van der Waals surface area contributed by atoms with Gasteiger partial charge >= 0.3 is 6.03 Å². The van der Waals surface area contributed by atoms with Crippen LogP contribution in [-0.4, -0.2) is 88.4 Å². The van der Waals surface area contributed by atoms with Gasteiger partial charge in [0.05, 0.1) is 43.9 Å². The van der Waals surface area contributed by atoms with E-state index in [1.165, 1.54) is 59.4 Å². The Labute approximate surface area is 257 Å². The lowest BCUT2D eigenvalue weighted by Gasteiger charge is -2.38. The van der Waals surface area contributed by atoms with Crippen LogP contribution in [0.5, 0.6) is 17.2 Å². The van der Waals surface area contributed by atoms with Gasteiger partial charge in [-0.05, 0) is 73.7 Å². The fourth-order valence-electron chi connectivity index (χ4n) is 4.72. The Morgan fingerprint density at radius 2 is 1.64 bits per heavy atom. The molecule has 44 heavy (non-hydrogen) atoms. The van der Waals surface area contributed by atoms with Crippen molar-refractivity contribution in [1.82, 2.24) is 9.80 Å². The Morgan fingerprint density at radius 1 is 1.05 bits per heavy atom. The summed E-state index contributed by atoms with van der Waals surface area (Å²) >= 11 is 0. The second kappa shape index (κ2) is 13.9. The molecule has 0 spiro atoms. The number of aliphatic hydroxyl groups is 1. The van der Waals surface area contributed by atoms with E-state index in [1.807, 2.05) is 6.92 Å². The molecule has 0 bridgehead atoms. The topological polar surface area (TPSA) is 147 Å². The smallest absolute Gasteiger partial charge is 0.321 e. The first kappa shape index (κ1) is 32.4. The average molecular weight is 627 g/mol. The summed E-state index contributed by atoms with van der Waals surface area (Å²) in [4.78, 5) is 29.8. The molecule has 1 heterocycles. The molecule has 12 nitrogen and oxygen atoms in total. The molecule has 3 aromatic carbocycles. The molecule has 13 heteroatoms. The summed E-state index contributed by atoms with van der Waals surface area (Å²) in [6.45, 7) is 3.79. The number of anilines is 2. The summed E-state index contributed by atoms with van der Waals surface area (Å²) in [5.41, 5.74) is 0.884. The lowest BCUT2D eigenvalue weighted by atomic mass is 9.99. The molecule has 0 radical (unpaired) electrons. The van der Waals surface area contributed by atoms with E-state index in [1.54, 1.807) is 45.3 Å². The van der Waals surface area contributed by atoms with Crippen LogP contribution < -0.4 is 24.2 Å². The summed E-state index contributed by atoms with van der Waals surface area (Å²) in [5, 5.41) is 12.8. The Morgan fingerprint density at radius 3 is 2.23 bits per heavy atom. The van der Waals surface area contributed by atoms with Crippen molar-refractivity contribution in [2.24, 2.45) is 5.92 Å². The number of methoxy groups -OCH3 is 2. The van der Waals surface area contributed by atoms with Crippen molar-refractivity contribution >= 4 is 33.3 Å². The summed E-state index contributed by atoms with van der Waals surface area (Å²) < 4.78 is 45.3. The van der Waals surface area contributed by atoms with E-state index in [0.29, 0.717) is 17.2 Å². The van der Waals surface area contributed by atoms with Gasteiger partial charge in [0.2, 0.25) is 0 Å². The monoisotopic (exact) mass is 626 g/mol. The fourth-order valence-corrected chi connectivity index (χ4v) is 5.77. The van der Waals surface area contributed by atoms with Crippen molar-refractivity contribution in [1.29, 1.82) is 0 Å². The number of rotatable bonds is 10. The van der Waals surface area contributed by atoms with E-state index in [0.717, 1.165) is 0 Å². The third kappa shape index (κ3) is 7.53. The summed E-state index contributed by atoms with van der Waals surface area (Å²) in [5.74, 6) is 0.768. The minimum Gasteiger partial charge on any atom is -0.497 e. The van der Waals surface area contributed by atoms with E-state index in [9.17, 15) is 23.1 Å². The lowest BCUT2D eigenvalue weighted by molar-refractivity contribution is 0.0371. The normalized spacial score (nSPS) is 17.3. The Kier molecular flexibility index (Phi) is 10.2. The molecule has 1 aliphatic rings. The van der Waals surface area contributed by atoms with Crippen LogP contribution in [0.15, 0.2) is 71.6 Å². The molecule has 4 rings (SSSR count). The predicted octanol–water partition coefficient (Wildman–Crippen LogP) is 3.89. The highest BCUT2D eigenvalue weighted by molar-refractivity contribution is 7.92. The van der Waals surface area contributed by atoms with E-state index < -0.39 is 28.1 Å². The number of likely N-dealkylation sites (N-methyl/N-ethyl adjacent to an activating group) is 1. The van der Waals surface area contributed by atoms with E-state index >= 15 is 0 Å². The van der Waals surface area contributed by atoms with Crippen molar-refractivity contribution in [2.45, 2.75) is 30.9 Å². The second-order valence-electron chi connectivity index (χ2n) is 10.7. The number of nitrogens with one attached hydrogen (secondary N) is 2. The van der Waals surface area contributed by atoms with Gasteiger partial charge in [0.15, 0.2) is 0 Å². The largest absolute Gasteiger partial charge is 0.497 e. The molecule has 3 atom stereocenters. The highest BCUT2D eigenvalue weighted by atomic mass is 32.2. The van der Waals surface area contributed by atoms with Crippen LogP contribution in [0.4, 0.5) is 16.2 Å². The highest BCUT2D eigenvalue weighted by Gasteiger charge is 2.34. The Bertz CT molecular complexity index is 1560. The molecule has 0 unspecified atom stereocenters. The van der Waals surface area contributed by atoms with Gasteiger partial charge in [-0.1, -0.05) is 6.92 Å². The molecular weight excluding hydrogens is 588 g/mol. The molecule has 0 fully saturated rings. The average Bonchev–Trinajstić information content (AvgIpc) is 3.02. The maximum Gasteiger partial charge on any atom is 0.321 e. The lowest BCUT2D eigenvalue weighted by Crippen LogP contribution is -2.50. The molecule has 1 aliphatic heterocycles. The zero-order valence-corrected chi connectivity index (χ0v) is 26.1. The molecule has 0 aromatic heterocycles. The maximum absolute atomic E-state index is 13.7. The molecule has 0 saturated carbocycles. The number of benzene rings is 3. The molecular formula is C31H38N4O8S. The van der Waals surface area contributed by atoms with Gasteiger partial charge in [0, 0.05) is 30.9 Å². The van der Waals surface area contributed by atoms with Gasteiger partial charge in [0.25, 0.3) is 15.9 Å². The number of urea groups is 1. The minimum atomic E-state index is -3.98. The minimum absolute atomic E-state index is 0.0213. The predicted molar refractivity (Wildman–Crippen MR) is 166 cm³/mol. The molecule has 3 amide bonds. The Hall–Kier alpha value is -4.49. The van der Waals surface area contributed by atoms with Gasteiger partial charge in [-0.15, -0.1) is 0 Å². The van der Waals surface area contributed by atoms with Crippen molar-refractivity contribution in [3.63, 3.8) is 0 Å². The van der Waals surface area contributed by atoms with Gasteiger partial charge in [-0.25, -0.2) is 13.2 Å². The van der Waals surface area contributed by atoms with Crippen LogP contribution >= 0.6 is 0 Å². The number of carbonyl (C=O) groups is 2. The summed E-state index contributed by atoms with van der Waals surface area (Å²) in [7, 11) is 0.716. The first-order chi connectivity index (χ1) is 20.9. The van der Waals surface area contributed by atoms with Gasteiger partial charge in [-0.3, -0.25) is 9.52 Å². The van der Waals surface area contributed by atoms with Crippen LogP contribution in [-0.2, 0) is 10.0 Å². The number of nitrogens with zero attached hydrogens (tertiary/aromatic N) is 2. The number of hydrogen-bond acceptors (Lipinski definition) is 8. The number of amides is 3. The van der Waals surface area contributed by atoms with Crippen LogP contribution in [0.2, 0.25) is 0 Å². The maximum atomic E-state index is 13.7. The van der Waals surface area contributed by atoms with Crippen molar-refractivity contribution in [3.8, 4) is 17.2 Å². The summed E-state index contributed by atoms with van der Waals surface area (Å²) in [6, 6.07) is 16.4. The molecule has 3 aromatic rings. The quantitative estimate of drug-likeness (QED) is 0.307. The third-order valence-corrected chi connectivity index (χ3v) is 8.83. The number of hydrogen-bond donors (Lipinski definition) is 3. The SMILES string of the molecule is COc1ccc(NC(=O)N(C)C[C@@H]2Oc3ccc(NS(=O)(=O)c4ccc(OC)cc4)cc3C(=O)N([C@H](C)CO)C[C@@H]2C)cc1. The number of fused-ring (bicyclic) bond motifs is 1. The molecule has 0 saturated heterocycles. The number of aliphatic hydroxyl groups excluding tert-OH is 1. The highest BCUT2D eigenvalue weighted by Crippen LogP contribution is 2.31. The van der Waals surface area contributed by atoms with Crippen LogP contribution in [0.1, 0.15) is 24.2 Å². The van der Waals surface area contributed by atoms with Crippen molar-refractivity contribution in [2.75, 3.05) is 51.0 Å². The van der Waals surface area contributed by atoms with Crippen molar-refractivity contribution < 1.29 is 37.3 Å². The Balaban J connectivity index is 1.59. The first-order valence-electron chi connectivity index (χ1n) is 14.0. The van der Waals surface area contributed by atoms with Gasteiger partial charge in [-0.2, -0.15) is 0 Å². The zero-order valence-electron chi connectivity index (χ0n) is 25.3. The van der Waals surface area contributed by atoms with Crippen LogP contribution in [0.25, 0.3) is 0 Å². The van der Waals surface area contributed by atoms with Gasteiger partial charge < -0.3 is 34.4 Å². The van der Waals surface area contributed by atoms with Gasteiger partial charge in [0.1, 0.15) is 23.4 Å².